The molecule has 1 amide bonds. The number of nitrogens with one attached hydrogen (secondary N) is 3. The number of H-pyrrole nitrogens is 1. The molecule has 0 radical (unpaired) electrons. The Balaban J connectivity index is 1.47. The SMILES string of the molecule is CC(CC(=O)NCC(c1ccccc1)c1c[nH]c2ccccc12)C1CCNCC1. The van der Waals surface area contributed by atoms with Gasteiger partial charge in [-0.2, -0.15) is 0 Å². The molecular weight excluding hydrogens is 358 g/mol. The highest BCUT2D eigenvalue weighted by atomic mass is 16.1. The smallest absolute Gasteiger partial charge is 0.220 e. The van der Waals surface area contributed by atoms with Crippen molar-refractivity contribution in [3.8, 4) is 0 Å². The number of carbonyl (C=O) groups excluding carboxylic acids is 1. The van der Waals surface area contributed by atoms with Crippen molar-refractivity contribution in [2.24, 2.45) is 11.8 Å². The van der Waals surface area contributed by atoms with E-state index in [0.29, 0.717) is 24.8 Å². The normalized spacial score (nSPS) is 17.1. The second kappa shape index (κ2) is 9.27. The second-order valence-corrected chi connectivity index (χ2v) is 8.33. The molecule has 1 aliphatic rings. The summed E-state index contributed by atoms with van der Waals surface area (Å²) >= 11 is 0. The van der Waals surface area contributed by atoms with Crippen molar-refractivity contribution in [3.05, 3.63) is 71.9 Å². The van der Waals surface area contributed by atoms with E-state index in [1.54, 1.807) is 0 Å². The number of piperidine rings is 1. The zero-order valence-electron chi connectivity index (χ0n) is 17.2. The number of rotatable bonds is 7. The lowest BCUT2D eigenvalue weighted by atomic mass is 9.84. The van der Waals surface area contributed by atoms with Crippen LogP contribution < -0.4 is 10.6 Å². The summed E-state index contributed by atoms with van der Waals surface area (Å²) in [7, 11) is 0. The number of benzene rings is 2. The van der Waals surface area contributed by atoms with Gasteiger partial charge < -0.3 is 15.6 Å². The van der Waals surface area contributed by atoms with Gasteiger partial charge in [0.15, 0.2) is 0 Å². The molecule has 4 nitrogen and oxygen atoms in total. The zero-order chi connectivity index (χ0) is 20.1. The molecule has 3 N–H and O–H groups in total. The number of hydrogen-bond acceptors (Lipinski definition) is 2. The number of amides is 1. The third-order valence-corrected chi connectivity index (χ3v) is 6.40. The molecule has 1 fully saturated rings. The number of aromatic amines is 1. The van der Waals surface area contributed by atoms with Gasteiger partial charge in [-0.25, -0.2) is 0 Å². The first-order valence-corrected chi connectivity index (χ1v) is 10.8. The maximum absolute atomic E-state index is 12.7. The van der Waals surface area contributed by atoms with E-state index in [1.807, 2.05) is 12.1 Å². The Morgan fingerprint density at radius 2 is 1.79 bits per heavy atom. The maximum atomic E-state index is 12.7. The first-order valence-electron chi connectivity index (χ1n) is 10.8. The number of carbonyl (C=O) groups is 1. The van der Waals surface area contributed by atoms with E-state index in [1.165, 1.54) is 29.4 Å². The van der Waals surface area contributed by atoms with Crippen LogP contribution in [-0.4, -0.2) is 30.5 Å². The minimum Gasteiger partial charge on any atom is -0.361 e. The minimum absolute atomic E-state index is 0.130. The molecule has 3 aromatic rings. The molecular formula is C25H31N3O. The molecule has 29 heavy (non-hydrogen) atoms. The molecule has 2 heterocycles. The first-order chi connectivity index (χ1) is 14.2. The molecule has 152 valence electrons. The number of fused-ring (bicyclic) bond motifs is 1. The quantitative estimate of drug-likeness (QED) is 0.559. The zero-order valence-corrected chi connectivity index (χ0v) is 17.2. The molecule has 2 unspecified atom stereocenters. The van der Waals surface area contributed by atoms with Crippen molar-refractivity contribution in [1.29, 1.82) is 0 Å². The average Bonchev–Trinajstić information content (AvgIpc) is 3.19. The molecule has 0 spiro atoms. The number of para-hydroxylation sites is 1. The van der Waals surface area contributed by atoms with Gasteiger partial charge in [-0.15, -0.1) is 0 Å². The van der Waals surface area contributed by atoms with Crippen LogP contribution in [0, 0.1) is 11.8 Å². The lowest BCUT2D eigenvalue weighted by Gasteiger charge is -2.28. The highest BCUT2D eigenvalue weighted by Crippen LogP contribution is 2.30. The van der Waals surface area contributed by atoms with Gasteiger partial charge in [0, 0.05) is 36.0 Å². The van der Waals surface area contributed by atoms with Gasteiger partial charge in [0.05, 0.1) is 0 Å². The van der Waals surface area contributed by atoms with Gasteiger partial charge in [0.1, 0.15) is 0 Å². The highest BCUT2D eigenvalue weighted by molar-refractivity contribution is 5.84. The van der Waals surface area contributed by atoms with Gasteiger partial charge >= 0.3 is 0 Å². The highest BCUT2D eigenvalue weighted by Gasteiger charge is 2.23. The molecule has 0 saturated carbocycles. The fourth-order valence-electron chi connectivity index (χ4n) is 4.64. The fraction of sp³-hybridized carbons (Fsp3) is 0.400. The largest absolute Gasteiger partial charge is 0.361 e. The summed E-state index contributed by atoms with van der Waals surface area (Å²) in [5.74, 6) is 1.38. The monoisotopic (exact) mass is 389 g/mol. The van der Waals surface area contributed by atoms with E-state index in [-0.39, 0.29) is 11.8 Å². The fourth-order valence-corrected chi connectivity index (χ4v) is 4.64. The van der Waals surface area contributed by atoms with E-state index >= 15 is 0 Å². The van der Waals surface area contributed by atoms with E-state index < -0.39 is 0 Å². The maximum Gasteiger partial charge on any atom is 0.220 e. The average molecular weight is 390 g/mol. The Kier molecular flexibility index (Phi) is 6.30. The Morgan fingerprint density at radius 3 is 2.59 bits per heavy atom. The molecule has 1 saturated heterocycles. The molecule has 2 atom stereocenters. The molecule has 1 aliphatic heterocycles. The molecule has 1 aromatic heterocycles. The van der Waals surface area contributed by atoms with E-state index in [2.05, 4.69) is 71.2 Å². The summed E-state index contributed by atoms with van der Waals surface area (Å²) in [6.07, 6.45) is 5.05. The van der Waals surface area contributed by atoms with Crippen molar-refractivity contribution in [2.75, 3.05) is 19.6 Å². The van der Waals surface area contributed by atoms with Gasteiger partial charge in [0.25, 0.3) is 0 Å². The van der Waals surface area contributed by atoms with Crippen LogP contribution in [0.25, 0.3) is 10.9 Å². The summed E-state index contributed by atoms with van der Waals surface area (Å²) in [6.45, 7) is 4.99. The number of aromatic nitrogens is 1. The van der Waals surface area contributed by atoms with Crippen LogP contribution in [-0.2, 0) is 4.79 Å². The second-order valence-electron chi connectivity index (χ2n) is 8.33. The van der Waals surface area contributed by atoms with Gasteiger partial charge in [-0.3, -0.25) is 4.79 Å². The lowest BCUT2D eigenvalue weighted by molar-refractivity contribution is -0.122. The van der Waals surface area contributed by atoms with Gasteiger partial charge in [-0.1, -0.05) is 55.5 Å². The summed E-state index contributed by atoms with van der Waals surface area (Å²) < 4.78 is 0. The van der Waals surface area contributed by atoms with Crippen molar-refractivity contribution in [3.63, 3.8) is 0 Å². The van der Waals surface area contributed by atoms with Gasteiger partial charge in [0.2, 0.25) is 5.91 Å². The van der Waals surface area contributed by atoms with Crippen molar-refractivity contribution >= 4 is 16.8 Å². The Labute approximate surface area is 173 Å². The van der Waals surface area contributed by atoms with Crippen LogP contribution in [0.15, 0.2) is 60.8 Å². The third-order valence-electron chi connectivity index (χ3n) is 6.40. The lowest BCUT2D eigenvalue weighted by Crippen LogP contribution is -2.34. The molecule has 0 aliphatic carbocycles. The van der Waals surface area contributed by atoms with E-state index in [4.69, 9.17) is 0 Å². The van der Waals surface area contributed by atoms with Crippen molar-refractivity contribution in [1.82, 2.24) is 15.6 Å². The van der Waals surface area contributed by atoms with Crippen LogP contribution in [0.2, 0.25) is 0 Å². The van der Waals surface area contributed by atoms with Crippen LogP contribution in [0.1, 0.15) is 43.2 Å². The van der Waals surface area contributed by atoms with E-state index in [9.17, 15) is 4.79 Å². The van der Waals surface area contributed by atoms with Crippen LogP contribution in [0.4, 0.5) is 0 Å². The molecule has 2 aromatic carbocycles. The Morgan fingerprint density at radius 1 is 1.07 bits per heavy atom. The Bertz CT molecular complexity index is 927. The topological polar surface area (TPSA) is 56.9 Å². The van der Waals surface area contributed by atoms with Crippen LogP contribution in [0.5, 0.6) is 0 Å². The predicted octanol–water partition coefficient (Wildman–Crippen LogP) is 4.44. The van der Waals surface area contributed by atoms with Crippen LogP contribution in [0.3, 0.4) is 0 Å². The van der Waals surface area contributed by atoms with E-state index in [0.717, 1.165) is 18.6 Å². The molecule has 0 bridgehead atoms. The predicted molar refractivity (Wildman–Crippen MR) is 119 cm³/mol. The number of hydrogen-bond donors (Lipinski definition) is 3. The molecule has 4 heteroatoms. The summed E-state index contributed by atoms with van der Waals surface area (Å²) in [6, 6.07) is 18.8. The Hall–Kier alpha value is -2.59. The summed E-state index contributed by atoms with van der Waals surface area (Å²) in [4.78, 5) is 16.1. The standard InChI is InChI=1S/C25H31N3O/c1-18(19-11-13-26-14-12-19)15-25(29)28-16-22(20-7-3-2-4-8-20)23-17-27-24-10-6-5-9-21(23)24/h2-10,17-19,22,26-27H,11-16H2,1H3,(H,28,29). The van der Waals surface area contributed by atoms with Gasteiger partial charge in [-0.05, 0) is 55.0 Å². The third kappa shape index (κ3) is 4.70. The summed E-state index contributed by atoms with van der Waals surface area (Å²) in [5.41, 5.74) is 3.59. The first kappa shape index (κ1) is 19.7. The van der Waals surface area contributed by atoms with Crippen molar-refractivity contribution < 1.29 is 4.79 Å². The van der Waals surface area contributed by atoms with Crippen LogP contribution >= 0.6 is 0 Å². The molecule has 4 rings (SSSR count). The summed E-state index contributed by atoms with van der Waals surface area (Å²) in [5, 5.41) is 7.86. The van der Waals surface area contributed by atoms with Crippen molar-refractivity contribution in [2.45, 2.75) is 32.1 Å². The minimum atomic E-state index is 0.130.